The van der Waals surface area contributed by atoms with Gasteiger partial charge in [-0.05, 0) is 75.0 Å². The van der Waals surface area contributed by atoms with E-state index in [-0.39, 0.29) is 5.41 Å². The molecule has 0 saturated heterocycles. The van der Waals surface area contributed by atoms with Gasteiger partial charge in [0, 0.05) is 39.8 Å². The molecule has 2 heterocycles. The smallest absolute Gasteiger partial charge is 0.141 e. The van der Waals surface area contributed by atoms with Gasteiger partial charge in [-0.25, -0.2) is 4.98 Å². The molecule has 1 unspecified atom stereocenters. The van der Waals surface area contributed by atoms with Gasteiger partial charge in [-0.15, -0.1) is 0 Å². The summed E-state index contributed by atoms with van der Waals surface area (Å²) in [7, 11) is 0. The van der Waals surface area contributed by atoms with Crippen molar-refractivity contribution < 1.29 is 4.42 Å². The van der Waals surface area contributed by atoms with E-state index >= 15 is 0 Å². The van der Waals surface area contributed by atoms with Gasteiger partial charge in [0.1, 0.15) is 17.0 Å². The van der Waals surface area contributed by atoms with Crippen molar-refractivity contribution in [3.8, 4) is 11.1 Å². The first-order valence-corrected chi connectivity index (χ1v) is 16.2. The highest BCUT2D eigenvalue weighted by Crippen LogP contribution is 2.41. The Kier molecular flexibility index (Phi) is 6.32. The Morgan fingerprint density at radius 3 is 2.17 bits per heavy atom. The second-order valence-corrected chi connectivity index (χ2v) is 12.7. The molecular formula is C44H32N2O. The molecule has 0 amide bonds. The van der Waals surface area contributed by atoms with Crippen molar-refractivity contribution in [2.45, 2.75) is 18.8 Å². The van der Waals surface area contributed by atoms with Crippen LogP contribution in [0.2, 0.25) is 0 Å². The average Bonchev–Trinajstić information content (AvgIpc) is 3.52. The molecule has 0 radical (unpaired) electrons. The summed E-state index contributed by atoms with van der Waals surface area (Å²) >= 11 is 0. The molecule has 8 aromatic rings. The third-order valence-electron chi connectivity index (χ3n) is 9.72. The van der Waals surface area contributed by atoms with Gasteiger partial charge in [0.25, 0.3) is 0 Å². The normalized spacial score (nSPS) is 16.2. The lowest BCUT2D eigenvalue weighted by Crippen LogP contribution is -2.24. The van der Waals surface area contributed by atoms with Crippen molar-refractivity contribution in [2.75, 3.05) is 4.90 Å². The molecule has 6 aromatic carbocycles. The van der Waals surface area contributed by atoms with E-state index < -0.39 is 0 Å². The quantitative estimate of drug-likeness (QED) is 0.196. The van der Waals surface area contributed by atoms with Crippen LogP contribution in [-0.2, 0) is 5.41 Å². The fourth-order valence-electron chi connectivity index (χ4n) is 7.06. The van der Waals surface area contributed by atoms with Crippen molar-refractivity contribution in [1.29, 1.82) is 0 Å². The zero-order valence-corrected chi connectivity index (χ0v) is 26.1. The number of aromatic nitrogens is 1. The highest BCUT2D eigenvalue weighted by molar-refractivity contribution is 6.18. The number of anilines is 2. The number of nitrogens with zero attached hydrogens (tertiary/aromatic N) is 2. The minimum Gasteiger partial charge on any atom is -0.456 e. The SMILES string of the molecule is CC1(c2ccccc2)C=CC(N(c2ccc(-c3ccc4ccccc4c3)cc2)c2cc3oc4ccc5ccccc5c4c3cn2)=CC1. The Morgan fingerprint density at radius 2 is 1.36 bits per heavy atom. The third-order valence-corrected chi connectivity index (χ3v) is 9.72. The average molecular weight is 605 g/mol. The number of hydrogen-bond acceptors (Lipinski definition) is 3. The Hall–Kier alpha value is -5.93. The molecule has 3 heteroatoms. The van der Waals surface area contributed by atoms with Crippen molar-refractivity contribution in [2.24, 2.45) is 0 Å². The summed E-state index contributed by atoms with van der Waals surface area (Å²) in [6.07, 6.45) is 9.77. The fraction of sp³-hybridized carbons (Fsp3) is 0.0682. The van der Waals surface area contributed by atoms with E-state index in [2.05, 4.69) is 170 Å². The Morgan fingerprint density at radius 1 is 0.638 bits per heavy atom. The number of furan rings is 1. The van der Waals surface area contributed by atoms with Gasteiger partial charge in [0.15, 0.2) is 0 Å². The van der Waals surface area contributed by atoms with Gasteiger partial charge in [-0.1, -0.05) is 128 Å². The highest BCUT2D eigenvalue weighted by Gasteiger charge is 2.27. The molecule has 0 aliphatic heterocycles. The molecule has 1 aliphatic rings. The molecule has 47 heavy (non-hydrogen) atoms. The maximum atomic E-state index is 6.47. The van der Waals surface area contributed by atoms with Crippen LogP contribution in [0.4, 0.5) is 11.5 Å². The molecule has 224 valence electrons. The largest absolute Gasteiger partial charge is 0.456 e. The molecule has 1 aliphatic carbocycles. The van der Waals surface area contributed by atoms with E-state index in [1.807, 2.05) is 6.20 Å². The molecule has 0 N–H and O–H groups in total. The summed E-state index contributed by atoms with van der Waals surface area (Å²) in [6, 6.07) is 49.4. The number of hydrogen-bond donors (Lipinski definition) is 0. The molecule has 2 aromatic heterocycles. The number of rotatable bonds is 5. The Labute approximate surface area is 273 Å². The molecular weight excluding hydrogens is 572 g/mol. The standard InChI is InChI=1S/C44H32N2O/c1-44(35-12-3-2-4-13-35)25-23-37(24-26-44)46(36-20-17-31(18-21-36)34-16-15-30-9-5-6-11-33(30)27-34)42-28-41-39(29-45-42)43-38-14-8-7-10-32(38)19-22-40(43)47-41/h2-25,27-29H,26H2,1H3. The van der Waals surface area contributed by atoms with Crippen molar-refractivity contribution >= 4 is 55.0 Å². The minimum atomic E-state index is -0.0758. The van der Waals surface area contributed by atoms with E-state index in [0.717, 1.165) is 45.6 Å². The van der Waals surface area contributed by atoms with Crippen LogP contribution in [0.3, 0.4) is 0 Å². The van der Waals surface area contributed by atoms with Crippen LogP contribution in [0, 0.1) is 0 Å². The predicted octanol–water partition coefficient (Wildman–Crippen LogP) is 11.9. The van der Waals surface area contributed by atoms with Crippen LogP contribution < -0.4 is 4.90 Å². The summed E-state index contributed by atoms with van der Waals surface area (Å²) in [5.74, 6) is 0.818. The molecule has 0 spiro atoms. The minimum absolute atomic E-state index is 0.0758. The van der Waals surface area contributed by atoms with Crippen LogP contribution in [0.5, 0.6) is 0 Å². The number of benzene rings is 6. The zero-order chi connectivity index (χ0) is 31.4. The summed E-state index contributed by atoms with van der Waals surface area (Å²) in [4.78, 5) is 7.33. The molecule has 0 saturated carbocycles. The molecule has 1 atom stereocenters. The number of fused-ring (bicyclic) bond motifs is 6. The van der Waals surface area contributed by atoms with Gasteiger partial charge in [0.05, 0.1) is 0 Å². The van der Waals surface area contributed by atoms with E-state index in [1.54, 1.807) is 0 Å². The first-order valence-electron chi connectivity index (χ1n) is 16.2. The van der Waals surface area contributed by atoms with Crippen molar-refractivity contribution in [3.63, 3.8) is 0 Å². The van der Waals surface area contributed by atoms with Gasteiger partial charge in [-0.2, -0.15) is 0 Å². The van der Waals surface area contributed by atoms with E-state index in [0.29, 0.717) is 0 Å². The van der Waals surface area contributed by atoms with Gasteiger partial charge < -0.3 is 4.42 Å². The predicted molar refractivity (Wildman–Crippen MR) is 196 cm³/mol. The topological polar surface area (TPSA) is 29.3 Å². The number of pyridine rings is 1. The molecule has 9 rings (SSSR count). The summed E-state index contributed by atoms with van der Waals surface area (Å²) in [5, 5.41) is 7.00. The van der Waals surface area contributed by atoms with Gasteiger partial charge >= 0.3 is 0 Å². The monoisotopic (exact) mass is 604 g/mol. The van der Waals surface area contributed by atoms with Gasteiger partial charge in [0.2, 0.25) is 0 Å². The molecule has 0 fully saturated rings. The summed E-state index contributed by atoms with van der Waals surface area (Å²) in [6.45, 7) is 2.30. The van der Waals surface area contributed by atoms with E-state index in [1.165, 1.54) is 38.2 Å². The van der Waals surface area contributed by atoms with E-state index in [9.17, 15) is 0 Å². The highest BCUT2D eigenvalue weighted by atomic mass is 16.3. The lowest BCUT2D eigenvalue weighted by Gasteiger charge is -2.32. The molecule has 0 bridgehead atoms. The van der Waals surface area contributed by atoms with Crippen LogP contribution in [0.15, 0.2) is 174 Å². The fourth-order valence-corrected chi connectivity index (χ4v) is 7.06. The maximum Gasteiger partial charge on any atom is 0.141 e. The first kappa shape index (κ1) is 27.4. The lowest BCUT2D eigenvalue weighted by atomic mass is 9.77. The van der Waals surface area contributed by atoms with Crippen LogP contribution >= 0.6 is 0 Å². The second kappa shape index (κ2) is 10.9. The summed E-state index contributed by atoms with van der Waals surface area (Å²) < 4.78 is 6.47. The lowest BCUT2D eigenvalue weighted by molar-refractivity contribution is 0.595. The van der Waals surface area contributed by atoms with E-state index in [4.69, 9.17) is 9.40 Å². The van der Waals surface area contributed by atoms with Crippen LogP contribution in [-0.4, -0.2) is 4.98 Å². The van der Waals surface area contributed by atoms with Crippen molar-refractivity contribution in [1.82, 2.24) is 4.98 Å². The van der Waals surface area contributed by atoms with Crippen molar-refractivity contribution in [3.05, 3.63) is 175 Å². The molecule has 3 nitrogen and oxygen atoms in total. The van der Waals surface area contributed by atoms with Crippen LogP contribution in [0.25, 0.3) is 54.6 Å². The second-order valence-electron chi connectivity index (χ2n) is 12.7. The third kappa shape index (κ3) is 4.71. The number of allylic oxidation sites excluding steroid dienone is 3. The Balaban J connectivity index is 1.15. The van der Waals surface area contributed by atoms with Crippen LogP contribution in [0.1, 0.15) is 18.9 Å². The zero-order valence-electron chi connectivity index (χ0n) is 26.1. The summed E-state index contributed by atoms with van der Waals surface area (Å²) in [5.41, 5.74) is 7.45. The Bertz CT molecular complexity index is 2510. The maximum absolute atomic E-state index is 6.47. The van der Waals surface area contributed by atoms with Gasteiger partial charge in [-0.3, -0.25) is 4.90 Å². The first-order chi connectivity index (χ1) is 23.1.